The molecule has 1 aliphatic heterocycles. The van der Waals surface area contributed by atoms with Gasteiger partial charge in [-0.3, -0.25) is 14.7 Å². The molecule has 0 atom stereocenters. The first-order chi connectivity index (χ1) is 15.0. The van der Waals surface area contributed by atoms with Gasteiger partial charge in [0.05, 0.1) is 16.1 Å². The minimum Gasteiger partial charge on any atom is -0.444 e. The number of carbonyl (C=O) groups is 2. The van der Waals surface area contributed by atoms with Crippen LogP contribution in [0.4, 0.5) is 4.79 Å². The van der Waals surface area contributed by atoms with Gasteiger partial charge in [-0.05, 0) is 78.0 Å². The predicted octanol–water partition coefficient (Wildman–Crippen LogP) is 5.24. The van der Waals surface area contributed by atoms with E-state index in [4.69, 9.17) is 21.3 Å². The third kappa shape index (κ3) is 4.42. The van der Waals surface area contributed by atoms with Gasteiger partial charge in [0.2, 0.25) is 0 Å². The van der Waals surface area contributed by atoms with Crippen molar-refractivity contribution >= 4 is 34.5 Å². The van der Waals surface area contributed by atoms with Crippen LogP contribution in [0.15, 0.2) is 18.2 Å². The minimum absolute atomic E-state index is 0.0561. The first kappa shape index (κ1) is 22.8. The molecule has 2 heterocycles. The molecular weight excluding hydrogens is 426 g/mol. The maximum atomic E-state index is 13.3. The number of piperazine rings is 1. The highest BCUT2D eigenvalue weighted by molar-refractivity contribution is 6.36. The highest BCUT2D eigenvalue weighted by atomic mass is 35.5. The van der Waals surface area contributed by atoms with Crippen molar-refractivity contribution in [2.24, 2.45) is 0 Å². The Kier molecular flexibility index (Phi) is 5.86. The standard InChI is InChI=1S/C25H32ClN3O3/c1-24(2,3)32-23(31)29-13-12-28(15-25(29,4)5)22(30)16-10-11-18-20(14-16)27-19-9-7-6-8-17(19)21(18)26/h10-11,14H,6-9,12-13,15H2,1-5H3. The summed E-state index contributed by atoms with van der Waals surface area (Å²) in [6.45, 7) is 10.8. The third-order valence-electron chi connectivity index (χ3n) is 6.24. The summed E-state index contributed by atoms with van der Waals surface area (Å²) in [6, 6.07) is 5.60. The number of carbonyl (C=O) groups excluding carboxylic acids is 2. The third-order valence-corrected chi connectivity index (χ3v) is 6.68. The number of amides is 2. The average molecular weight is 458 g/mol. The van der Waals surface area contributed by atoms with Gasteiger partial charge in [-0.1, -0.05) is 17.7 Å². The molecule has 0 spiro atoms. The molecule has 0 unspecified atom stereocenters. The average Bonchev–Trinajstić information content (AvgIpc) is 2.71. The fourth-order valence-corrected chi connectivity index (χ4v) is 5.03. The summed E-state index contributed by atoms with van der Waals surface area (Å²) in [6.07, 6.45) is 3.82. The lowest BCUT2D eigenvalue weighted by Gasteiger charge is -2.47. The van der Waals surface area contributed by atoms with Gasteiger partial charge in [0.15, 0.2) is 0 Å². The number of aromatic nitrogens is 1. The first-order valence-electron chi connectivity index (χ1n) is 11.4. The van der Waals surface area contributed by atoms with Gasteiger partial charge in [0, 0.05) is 36.3 Å². The molecule has 172 valence electrons. The quantitative estimate of drug-likeness (QED) is 0.587. The Morgan fingerprint density at radius 2 is 1.84 bits per heavy atom. The fraction of sp³-hybridized carbons (Fsp3) is 0.560. The van der Waals surface area contributed by atoms with E-state index in [1.54, 1.807) is 4.90 Å². The summed E-state index contributed by atoms with van der Waals surface area (Å²) in [7, 11) is 0. The van der Waals surface area contributed by atoms with E-state index in [0.29, 0.717) is 25.2 Å². The second-order valence-electron chi connectivity index (χ2n) is 10.5. The Morgan fingerprint density at radius 1 is 1.12 bits per heavy atom. The van der Waals surface area contributed by atoms with Crippen molar-refractivity contribution in [3.63, 3.8) is 0 Å². The van der Waals surface area contributed by atoms with E-state index in [1.807, 2.05) is 57.7 Å². The van der Waals surface area contributed by atoms with Crippen LogP contribution < -0.4 is 0 Å². The van der Waals surface area contributed by atoms with Crippen LogP contribution in [0.1, 0.15) is 69.1 Å². The van der Waals surface area contributed by atoms with Crippen molar-refractivity contribution in [1.82, 2.24) is 14.8 Å². The van der Waals surface area contributed by atoms with Gasteiger partial charge in [-0.25, -0.2) is 4.79 Å². The molecule has 2 aromatic rings. The SMILES string of the molecule is CC(C)(C)OC(=O)N1CCN(C(=O)c2ccc3c(Cl)c4c(nc3c2)CCCC4)CC1(C)C. The summed E-state index contributed by atoms with van der Waals surface area (Å²) in [5, 5.41) is 1.68. The van der Waals surface area contributed by atoms with Crippen LogP contribution in [0.2, 0.25) is 5.02 Å². The molecular formula is C25H32ClN3O3. The number of rotatable bonds is 1. The molecule has 4 rings (SSSR count). The Morgan fingerprint density at radius 3 is 2.53 bits per heavy atom. The van der Waals surface area contributed by atoms with Crippen LogP contribution >= 0.6 is 11.6 Å². The molecule has 0 radical (unpaired) electrons. The van der Waals surface area contributed by atoms with Crippen molar-refractivity contribution in [2.45, 2.75) is 71.4 Å². The van der Waals surface area contributed by atoms with Crippen LogP contribution in [0.5, 0.6) is 0 Å². The number of pyridine rings is 1. The van der Waals surface area contributed by atoms with Crippen molar-refractivity contribution in [3.05, 3.63) is 40.0 Å². The van der Waals surface area contributed by atoms with Crippen LogP contribution in [0.3, 0.4) is 0 Å². The maximum Gasteiger partial charge on any atom is 0.410 e. The topological polar surface area (TPSA) is 62.7 Å². The maximum absolute atomic E-state index is 13.3. The lowest BCUT2D eigenvalue weighted by Crippen LogP contribution is -2.62. The van der Waals surface area contributed by atoms with Crippen LogP contribution in [0.25, 0.3) is 10.9 Å². The highest BCUT2D eigenvalue weighted by Crippen LogP contribution is 2.33. The molecule has 7 heteroatoms. The van der Waals surface area contributed by atoms with E-state index in [9.17, 15) is 9.59 Å². The van der Waals surface area contributed by atoms with Crippen LogP contribution in [-0.4, -0.2) is 57.6 Å². The minimum atomic E-state index is -0.557. The number of nitrogens with zero attached hydrogens (tertiary/aromatic N) is 3. The lowest BCUT2D eigenvalue weighted by molar-refractivity contribution is -0.0202. The molecule has 2 amide bonds. The first-order valence-corrected chi connectivity index (χ1v) is 11.7. The van der Waals surface area contributed by atoms with Crippen molar-refractivity contribution in [3.8, 4) is 0 Å². The fourth-order valence-electron chi connectivity index (χ4n) is 4.67. The Bertz CT molecular complexity index is 1070. The zero-order valence-corrected chi connectivity index (χ0v) is 20.4. The van der Waals surface area contributed by atoms with Gasteiger partial charge in [0.25, 0.3) is 5.91 Å². The number of halogens is 1. The molecule has 32 heavy (non-hydrogen) atoms. The number of hydrogen-bond donors (Lipinski definition) is 0. The van der Waals surface area contributed by atoms with E-state index in [-0.39, 0.29) is 12.0 Å². The van der Waals surface area contributed by atoms with Gasteiger partial charge in [-0.15, -0.1) is 0 Å². The second kappa shape index (κ2) is 8.22. The smallest absolute Gasteiger partial charge is 0.410 e. The normalized spacial score (nSPS) is 18.4. The monoisotopic (exact) mass is 457 g/mol. The van der Waals surface area contributed by atoms with Gasteiger partial charge < -0.3 is 9.64 Å². The molecule has 0 saturated carbocycles. The Labute approximate surface area is 194 Å². The summed E-state index contributed by atoms with van der Waals surface area (Å²) in [4.78, 5) is 34.4. The number of benzene rings is 1. The molecule has 1 aromatic carbocycles. The molecule has 0 N–H and O–H groups in total. The summed E-state index contributed by atoms with van der Waals surface area (Å²) >= 11 is 6.68. The number of fused-ring (bicyclic) bond motifs is 2. The summed E-state index contributed by atoms with van der Waals surface area (Å²) < 4.78 is 5.56. The lowest BCUT2D eigenvalue weighted by atomic mass is 9.94. The molecule has 6 nitrogen and oxygen atoms in total. The van der Waals surface area contributed by atoms with Crippen molar-refractivity contribution < 1.29 is 14.3 Å². The van der Waals surface area contributed by atoms with E-state index in [2.05, 4.69) is 0 Å². The molecule has 2 aliphatic rings. The molecule has 1 saturated heterocycles. The molecule has 1 aliphatic carbocycles. The van der Waals surface area contributed by atoms with Crippen LogP contribution in [-0.2, 0) is 17.6 Å². The number of ether oxygens (including phenoxy) is 1. The Hall–Kier alpha value is -2.34. The number of aryl methyl sites for hydroxylation is 1. The largest absolute Gasteiger partial charge is 0.444 e. The molecule has 1 aromatic heterocycles. The summed E-state index contributed by atoms with van der Waals surface area (Å²) in [5.41, 5.74) is 2.49. The molecule has 0 bridgehead atoms. The van der Waals surface area contributed by atoms with E-state index < -0.39 is 11.1 Å². The predicted molar refractivity (Wildman–Crippen MR) is 126 cm³/mol. The Balaban J connectivity index is 1.55. The highest BCUT2D eigenvalue weighted by Gasteiger charge is 2.40. The van der Waals surface area contributed by atoms with Gasteiger partial charge in [0.1, 0.15) is 5.60 Å². The van der Waals surface area contributed by atoms with E-state index in [0.717, 1.165) is 52.9 Å². The van der Waals surface area contributed by atoms with E-state index in [1.165, 1.54) is 0 Å². The second-order valence-corrected chi connectivity index (χ2v) is 10.8. The van der Waals surface area contributed by atoms with E-state index >= 15 is 0 Å². The zero-order valence-electron chi connectivity index (χ0n) is 19.6. The summed E-state index contributed by atoms with van der Waals surface area (Å²) in [5.74, 6) is -0.0561. The van der Waals surface area contributed by atoms with Crippen LogP contribution in [0, 0.1) is 0 Å². The zero-order chi connectivity index (χ0) is 23.3. The number of hydrogen-bond acceptors (Lipinski definition) is 4. The molecule has 1 fully saturated rings. The van der Waals surface area contributed by atoms with Crippen molar-refractivity contribution in [2.75, 3.05) is 19.6 Å². The van der Waals surface area contributed by atoms with Gasteiger partial charge >= 0.3 is 6.09 Å². The van der Waals surface area contributed by atoms with Crippen molar-refractivity contribution in [1.29, 1.82) is 0 Å². The van der Waals surface area contributed by atoms with Gasteiger partial charge in [-0.2, -0.15) is 0 Å².